The second-order valence-electron chi connectivity index (χ2n) is 7.64. The van der Waals surface area contributed by atoms with Gasteiger partial charge in [0.15, 0.2) is 0 Å². The zero-order valence-electron chi connectivity index (χ0n) is 15.4. The molecule has 5 nitrogen and oxygen atoms in total. The predicted molar refractivity (Wildman–Crippen MR) is 102 cm³/mol. The molecule has 2 saturated heterocycles. The van der Waals surface area contributed by atoms with Gasteiger partial charge in [-0.15, -0.1) is 0 Å². The Morgan fingerprint density at radius 1 is 1.08 bits per heavy atom. The Morgan fingerprint density at radius 3 is 2.69 bits per heavy atom. The third-order valence-electron chi connectivity index (χ3n) is 5.67. The molecule has 0 radical (unpaired) electrons. The Labute approximate surface area is 155 Å². The number of amides is 1. The van der Waals surface area contributed by atoms with Crippen LogP contribution in [0.25, 0.3) is 0 Å². The van der Waals surface area contributed by atoms with Crippen molar-refractivity contribution in [2.75, 3.05) is 44.3 Å². The molecule has 5 heteroatoms. The lowest BCUT2D eigenvalue weighted by atomic mass is 9.80. The molecule has 0 N–H and O–H groups in total. The smallest absolute Gasteiger partial charge is 0.270 e. The molecule has 0 unspecified atom stereocenters. The molecule has 2 fully saturated rings. The van der Waals surface area contributed by atoms with Crippen LogP contribution in [-0.4, -0.2) is 54.8 Å². The number of likely N-dealkylation sites (tertiary alicyclic amines) is 1. The number of carbonyl (C=O) groups is 1. The quantitative estimate of drug-likeness (QED) is 0.833. The van der Waals surface area contributed by atoms with Gasteiger partial charge in [-0.2, -0.15) is 0 Å². The minimum atomic E-state index is 0.00537. The average molecular weight is 353 g/mol. The van der Waals surface area contributed by atoms with E-state index in [1.165, 1.54) is 5.69 Å². The lowest BCUT2D eigenvalue weighted by molar-refractivity contribution is 0.0131. The highest BCUT2D eigenvalue weighted by molar-refractivity contribution is 5.92. The summed E-state index contributed by atoms with van der Waals surface area (Å²) in [6.45, 7) is 4.90. The highest BCUT2D eigenvalue weighted by atomic mass is 16.5. The maximum absolute atomic E-state index is 13.0. The summed E-state index contributed by atoms with van der Waals surface area (Å²) in [5.41, 5.74) is 2.01. The van der Waals surface area contributed by atoms with Crippen molar-refractivity contribution in [1.82, 2.24) is 9.47 Å². The minimum absolute atomic E-state index is 0.00537. The number of aromatic nitrogens is 1. The normalized spacial score (nSPS) is 23.9. The maximum atomic E-state index is 13.0. The van der Waals surface area contributed by atoms with Crippen molar-refractivity contribution >= 4 is 11.6 Å². The fourth-order valence-electron chi connectivity index (χ4n) is 4.33. The molecule has 0 bridgehead atoms. The number of hydrogen-bond acceptors (Lipinski definition) is 3. The number of hydrogen-bond donors (Lipinski definition) is 0. The third kappa shape index (κ3) is 3.36. The Kier molecular flexibility index (Phi) is 4.72. The second kappa shape index (κ2) is 7.16. The van der Waals surface area contributed by atoms with Crippen LogP contribution >= 0.6 is 0 Å². The lowest BCUT2D eigenvalue weighted by Gasteiger charge is -2.44. The highest BCUT2D eigenvalue weighted by Gasteiger charge is 2.40. The van der Waals surface area contributed by atoms with E-state index in [0.717, 1.165) is 57.9 Å². The zero-order chi connectivity index (χ0) is 18.0. The molecule has 2 aromatic rings. The van der Waals surface area contributed by atoms with E-state index >= 15 is 0 Å². The zero-order valence-corrected chi connectivity index (χ0v) is 15.4. The number of ether oxygens (including phenoxy) is 1. The predicted octanol–water partition coefficient (Wildman–Crippen LogP) is 2.78. The van der Waals surface area contributed by atoms with E-state index in [0.29, 0.717) is 0 Å². The second-order valence-corrected chi connectivity index (χ2v) is 7.64. The van der Waals surface area contributed by atoms with E-state index in [4.69, 9.17) is 4.74 Å². The largest absolute Gasteiger partial charge is 0.379 e. The summed E-state index contributed by atoms with van der Waals surface area (Å²) in [6, 6.07) is 14.4. The van der Waals surface area contributed by atoms with Gasteiger partial charge in [-0.1, -0.05) is 18.2 Å². The van der Waals surface area contributed by atoms with Crippen LogP contribution in [0.5, 0.6) is 0 Å². The van der Waals surface area contributed by atoms with Crippen molar-refractivity contribution in [3.63, 3.8) is 0 Å². The van der Waals surface area contributed by atoms with E-state index in [9.17, 15) is 4.79 Å². The summed E-state index contributed by atoms with van der Waals surface area (Å²) in [5.74, 6) is 0.132. The van der Waals surface area contributed by atoms with Crippen molar-refractivity contribution in [2.24, 2.45) is 12.5 Å². The highest BCUT2D eigenvalue weighted by Crippen LogP contribution is 2.35. The maximum Gasteiger partial charge on any atom is 0.270 e. The average Bonchev–Trinajstić information content (AvgIpc) is 3.00. The van der Waals surface area contributed by atoms with Crippen LogP contribution in [0.1, 0.15) is 23.3 Å². The number of anilines is 1. The Morgan fingerprint density at radius 2 is 1.92 bits per heavy atom. The monoisotopic (exact) mass is 353 g/mol. The van der Waals surface area contributed by atoms with Crippen molar-refractivity contribution in [3.8, 4) is 0 Å². The van der Waals surface area contributed by atoms with Gasteiger partial charge in [-0.05, 0) is 37.1 Å². The molecule has 4 rings (SSSR count). The third-order valence-corrected chi connectivity index (χ3v) is 5.67. The summed E-state index contributed by atoms with van der Waals surface area (Å²) in [5, 5.41) is 0. The number of aryl methyl sites for hydroxylation is 1. The van der Waals surface area contributed by atoms with Crippen molar-refractivity contribution in [3.05, 3.63) is 54.4 Å². The van der Waals surface area contributed by atoms with Crippen LogP contribution < -0.4 is 4.90 Å². The Hall–Kier alpha value is -2.27. The van der Waals surface area contributed by atoms with Gasteiger partial charge >= 0.3 is 0 Å². The standard InChI is InChI=1S/C21H27N3O2/c1-22-11-5-9-19(22)20(25)24-12-6-10-21(16-24)15-23(13-14-26-17-21)18-7-3-2-4-8-18/h2-5,7-9,11H,6,10,12-17H2,1H3/t21-/m0/s1. The van der Waals surface area contributed by atoms with Crippen LogP contribution in [0.2, 0.25) is 0 Å². The van der Waals surface area contributed by atoms with Gasteiger partial charge in [-0.25, -0.2) is 0 Å². The van der Waals surface area contributed by atoms with Gasteiger partial charge in [-0.3, -0.25) is 4.79 Å². The number of para-hydroxylation sites is 1. The van der Waals surface area contributed by atoms with Gasteiger partial charge < -0.3 is 19.1 Å². The van der Waals surface area contributed by atoms with Crippen molar-refractivity contribution < 1.29 is 9.53 Å². The Bertz CT molecular complexity index is 758. The number of piperidine rings is 1. The summed E-state index contributed by atoms with van der Waals surface area (Å²) in [6.07, 6.45) is 4.06. The number of carbonyl (C=O) groups excluding carboxylic acids is 1. The number of rotatable bonds is 2. The molecule has 1 spiro atoms. The van der Waals surface area contributed by atoms with Crippen molar-refractivity contribution in [1.29, 1.82) is 0 Å². The van der Waals surface area contributed by atoms with Crippen LogP contribution in [0.3, 0.4) is 0 Å². The fraction of sp³-hybridized carbons (Fsp3) is 0.476. The molecule has 138 valence electrons. The van der Waals surface area contributed by atoms with Gasteiger partial charge in [0.1, 0.15) is 5.69 Å². The van der Waals surface area contributed by atoms with E-state index in [1.807, 2.05) is 34.8 Å². The topological polar surface area (TPSA) is 37.7 Å². The van der Waals surface area contributed by atoms with E-state index in [1.54, 1.807) is 0 Å². The van der Waals surface area contributed by atoms with Crippen LogP contribution in [0.15, 0.2) is 48.7 Å². The fourth-order valence-corrected chi connectivity index (χ4v) is 4.33. The van der Waals surface area contributed by atoms with E-state index in [2.05, 4.69) is 35.2 Å². The summed E-state index contributed by atoms with van der Waals surface area (Å²) >= 11 is 0. The lowest BCUT2D eigenvalue weighted by Crippen LogP contribution is -2.52. The number of nitrogens with zero attached hydrogens (tertiary/aromatic N) is 3. The van der Waals surface area contributed by atoms with Crippen LogP contribution in [0.4, 0.5) is 5.69 Å². The Balaban J connectivity index is 1.54. The van der Waals surface area contributed by atoms with Crippen LogP contribution in [0, 0.1) is 5.41 Å². The molecular weight excluding hydrogens is 326 g/mol. The number of benzene rings is 1. The minimum Gasteiger partial charge on any atom is -0.379 e. The van der Waals surface area contributed by atoms with Gasteiger partial charge in [0.25, 0.3) is 5.91 Å². The molecule has 1 atom stereocenters. The molecule has 1 aromatic heterocycles. The molecule has 26 heavy (non-hydrogen) atoms. The molecule has 0 aliphatic carbocycles. The molecule has 1 aromatic carbocycles. The first-order valence-electron chi connectivity index (χ1n) is 9.45. The van der Waals surface area contributed by atoms with Gasteiger partial charge in [0, 0.05) is 50.5 Å². The molecule has 0 saturated carbocycles. The van der Waals surface area contributed by atoms with E-state index < -0.39 is 0 Å². The molecule has 3 heterocycles. The molecule has 2 aliphatic heterocycles. The first-order chi connectivity index (χ1) is 12.7. The van der Waals surface area contributed by atoms with Gasteiger partial charge in [0.05, 0.1) is 13.2 Å². The first-order valence-corrected chi connectivity index (χ1v) is 9.45. The molecule has 2 aliphatic rings. The van der Waals surface area contributed by atoms with E-state index in [-0.39, 0.29) is 11.3 Å². The molecule has 1 amide bonds. The van der Waals surface area contributed by atoms with Crippen molar-refractivity contribution in [2.45, 2.75) is 12.8 Å². The SMILES string of the molecule is Cn1cccc1C(=O)N1CCC[C@@]2(COCCN(c3ccccc3)C2)C1. The van der Waals surface area contributed by atoms with Gasteiger partial charge in [0.2, 0.25) is 0 Å². The van der Waals surface area contributed by atoms with Crippen LogP contribution in [-0.2, 0) is 11.8 Å². The first kappa shape index (κ1) is 17.2. The summed E-state index contributed by atoms with van der Waals surface area (Å²) in [4.78, 5) is 17.4. The molecular formula is C21H27N3O2. The summed E-state index contributed by atoms with van der Waals surface area (Å²) < 4.78 is 7.90. The summed E-state index contributed by atoms with van der Waals surface area (Å²) in [7, 11) is 1.93.